The van der Waals surface area contributed by atoms with Gasteiger partial charge in [-0.3, -0.25) is 4.79 Å². The van der Waals surface area contributed by atoms with Crippen LogP contribution in [-0.2, 0) is 17.8 Å². The van der Waals surface area contributed by atoms with Gasteiger partial charge in [-0.25, -0.2) is 0 Å². The molecule has 3 aromatic rings. The molecule has 1 amide bonds. The van der Waals surface area contributed by atoms with Crippen LogP contribution in [0, 0.1) is 0 Å². The molecular formula is C26H30ClN3O. The van der Waals surface area contributed by atoms with E-state index in [0.717, 1.165) is 60.7 Å². The molecule has 0 unspecified atom stereocenters. The van der Waals surface area contributed by atoms with Gasteiger partial charge in [0.05, 0.1) is 0 Å². The minimum atomic E-state index is 0.0184. The van der Waals surface area contributed by atoms with Crippen LogP contribution in [0.3, 0.4) is 0 Å². The molecule has 0 aliphatic rings. The first-order chi connectivity index (χ1) is 15.1. The maximum atomic E-state index is 12.3. The Balaban J connectivity index is 1.42. The average molecular weight is 436 g/mol. The molecule has 4 nitrogen and oxygen atoms in total. The van der Waals surface area contributed by atoms with E-state index in [2.05, 4.69) is 34.9 Å². The van der Waals surface area contributed by atoms with Gasteiger partial charge in [-0.05, 0) is 78.9 Å². The van der Waals surface area contributed by atoms with E-state index in [1.54, 1.807) is 0 Å². The summed E-state index contributed by atoms with van der Waals surface area (Å²) in [6, 6.07) is 24.0. The molecule has 5 heteroatoms. The Morgan fingerprint density at radius 1 is 0.806 bits per heavy atom. The lowest BCUT2D eigenvalue weighted by Gasteiger charge is -2.08. The van der Waals surface area contributed by atoms with E-state index >= 15 is 0 Å². The van der Waals surface area contributed by atoms with Gasteiger partial charge in [-0.1, -0.05) is 60.1 Å². The summed E-state index contributed by atoms with van der Waals surface area (Å²) < 4.78 is 0. The van der Waals surface area contributed by atoms with E-state index in [9.17, 15) is 4.79 Å². The minimum Gasteiger partial charge on any atom is -0.330 e. The quantitative estimate of drug-likeness (QED) is 0.353. The standard InChI is InChI=1S/C26H30ClN3O/c27-24-12-8-22(9-13-24)23-10-14-25(15-11-23)30-26(31)16-7-20-3-5-21(6-4-20)19-29-18-2-1-17-28/h3-6,8-15,29H,1-2,7,16-19,28H2,(H,30,31). The molecule has 0 aromatic heterocycles. The molecule has 0 aliphatic carbocycles. The Bertz CT molecular complexity index is 938. The Morgan fingerprint density at radius 3 is 2.06 bits per heavy atom. The number of aryl methyl sites for hydroxylation is 1. The van der Waals surface area contributed by atoms with E-state index in [1.807, 2.05) is 48.5 Å². The fourth-order valence-corrected chi connectivity index (χ4v) is 3.45. The molecule has 3 aromatic carbocycles. The zero-order valence-corrected chi connectivity index (χ0v) is 18.5. The van der Waals surface area contributed by atoms with Crippen molar-refractivity contribution < 1.29 is 4.79 Å². The van der Waals surface area contributed by atoms with Gasteiger partial charge in [0, 0.05) is 23.7 Å². The second-order valence-electron chi connectivity index (χ2n) is 7.62. The molecule has 4 N–H and O–H groups in total. The minimum absolute atomic E-state index is 0.0184. The van der Waals surface area contributed by atoms with Crippen molar-refractivity contribution in [2.24, 2.45) is 5.73 Å². The van der Waals surface area contributed by atoms with E-state index in [0.29, 0.717) is 6.42 Å². The Labute approximate surface area is 189 Å². The van der Waals surface area contributed by atoms with Crippen molar-refractivity contribution in [2.45, 2.75) is 32.2 Å². The Hall–Kier alpha value is -2.66. The van der Waals surface area contributed by atoms with E-state index in [-0.39, 0.29) is 5.91 Å². The summed E-state index contributed by atoms with van der Waals surface area (Å²) >= 11 is 5.94. The molecule has 0 bridgehead atoms. The fraction of sp³-hybridized carbons (Fsp3) is 0.269. The predicted octanol–water partition coefficient (Wildman–Crippen LogP) is 5.41. The van der Waals surface area contributed by atoms with Crippen molar-refractivity contribution >= 4 is 23.2 Å². The number of unbranched alkanes of at least 4 members (excludes halogenated alkanes) is 1. The van der Waals surface area contributed by atoms with E-state index in [1.165, 1.54) is 11.1 Å². The Kier molecular flexibility index (Phi) is 9.10. The zero-order valence-electron chi connectivity index (χ0n) is 17.7. The number of rotatable bonds is 11. The molecule has 0 spiro atoms. The van der Waals surface area contributed by atoms with Crippen LogP contribution in [0.4, 0.5) is 5.69 Å². The van der Waals surface area contributed by atoms with Crippen LogP contribution in [0.15, 0.2) is 72.8 Å². The van der Waals surface area contributed by atoms with Gasteiger partial charge in [0.25, 0.3) is 0 Å². The molecule has 0 fully saturated rings. The number of anilines is 1. The smallest absolute Gasteiger partial charge is 0.224 e. The van der Waals surface area contributed by atoms with Crippen LogP contribution in [0.5, 0.6) is 0 Å². The van der Waals surface area contributed by atoms with Crippen molar-refractivity contribution in [3.63, 3.8) is 0 Å². The lowest BCUT2D eigenvalue weighted by Crippen LogP contribution is -2.15. The summed E-state index contributed by atoms with van der Waals surface area (Å²) in [5, 5.41) is 7.12. The first-order valence-corrected chi connectivity index (χ1v) is 11.2. The van der Waals surface area contributed by atoms with E-state index < -0.39 is 0 Å². The number of amides is 1. The number of halogens is 1. The monoisotopic (exact) mass is 435 g/mol. The van der Waals surface area contributed by atoms with Gasteiger partial charge >= 0.3 is 0 Å². The van der Waals surface area contributed by atoms with Crippen LogP contribution < -0.4 is 16.4 Å². The van der Waals surface area contributed by atoms with Crippen molar-refractivity contribution in [1.82, 2.24) is 5.32 Å². The van der Waals surface area contributed by atoms with Crippen molar-refractivity contribution in [1.29, 1.82) is 0 Å². The molecular weight excluding hydrogens is 406 g/mol. The normalized spacial score (nSPS) is 10.8. The number of carbonyl (C=O) groups is 1. The second-order valence-corrected chi connectivity index (χ2v) is 8.06. The second kappa shape index (κ2) is 12.3. The maximum Gasteiger partial charge on any atom is 0.224 e. The predicted molar refractivity (Wildman–Crippen MR) is 130 cm³/mol. The largest absolute Gasteiger partial charge is 0.330 e. The highest BCUT2D eigenvalue weighted by Gasteiger charge is 2.05. The third-order valence-electron chi connectivity index (χ3n) is 5.15. The molecule has 162 valence electrons. The third kappa shape index (κ3) is 7.83. The number of carbonyl (C=O) groups excluding carboxylic acids is 1. The zero-order chi connectivity index (χ0) is 21.9. The molecule has 31 heavy (non-hydrogen) atoms. The SMILES string of the molecule is NCCCCNCc1ccc(CCC(=O)Nc2ccc(-c3ccc(Cl)cc3)cc2)cc1. The molecule has 0 saturated carbocycles. The first-order valence-electron chi connectivity index (χ1n) is 10.8. The topological polar surface area (TPSA) is 67.1 Å². The molecule has 0 atom stereocenters. The lowest BCUT2D eigenvalue weighted by atomic mass is 10.1. The molecule has 3 rings (SSSR count). The van der Waals surface area contributed by atoms with Gasteiger partial charge in [0.1, 0.15) is 0 Å². The highest BCUT2D eigenvalue weighted by atomic mass is 35.5. The summed E-state index contributed by atoms with van der Waals surface area (Å²) in [7, 11) is 0. The van der Waals surface area contributed by atoms with Crippen LogP contribution in [0.25, 0.3) is 11.1 Å². The molecule has 0 aliphatic heterocycles. The summed E-state index contributed by atoms with van der Waals surface area (Å²) in [5.41, 5.74) is 10.9. The van der Waals surface area contributed by atoms with Crippen LogP contribution >= 0.6 is 11.6 Å². The number of hydrogen-bond acceptors (Lipinski definition) is 3. The van der Waals surface area contributed by atoms with Gasteiger partial charge in [0.15, 0.2) is 0 Å². The third-order valence-corrected chi connectivity index (χ3v) is 5.40. The number of hydrogen-bond donors (Lipinski definition) is 3. The highest BCUT2D eigenvalue weighted by Crippen LogP contribution is 2.23. The van der Waals surface area contributed by atoms with Gasteiger partial charge in [0.2, 0.25) is 5.91 Å². The summed E-state index contributed by atoms with van der Waals surface area (Å²) in [4.78, 5) is 12.3. The van der Waals surface area contributed by atoms with Crippen molar-refractivity contribution in [3.8, 4) is 11.1 Å². The average Bonchev–Trinajstić information content (AvgIpc) is 2.79. The maximum absolute atomic E-state index is 12.3. The van der Waals surface area contributed by atoms with Crippen molar-refractivity contribution in [3.05, 3.63) is 88.9 Å². The van der Waals surface area contributed by atoms with Gasteiger partial charge < -0.3 is 16.4 Å². The Morgan fingerprint density at radius 2 is 1.42 bits per heavy atom. The molecule has 0 radical (unpaired) electrons. The number of nitrogens with two attached hydrogens (primary N) is 1. The summed E-state index contributed by atoms with van der Waals surface area (Å²) in [6.07, 6.45) is 3.34. The fourth-order valence-electron chi connectivity index (χ4n) is 3.32. The number of benzene rings is 3. The van der Waals surface area contributed by atoms with Gasteiger partial charge in [-0.15, -0.1) is 0 Å². The lowest BCUT2D eigenvalue weighted by molar-refractivity contribution is -0.116. The van der Waals surface area contributed by atoms with Crippen LogP contribution in [-0.4, -0.2) is 19.0 Å². The van der Waals surface area contributed by atoms with Gasteiger partial charge in [-0.2, -0.15) is 0 Å². The summed E-state index contributed by atoms with van der Waals surface area (Å²) in [6.45, 7) is 2.59. The highest BCUT2D eigenvalue weighted by molar-refractivity contribution is 6.30. The number of nitrogens with one attached hydrogen (secondary N) is 2. The van der Waals surface area contributed by atoms with Crippen LogP contribution in [0.2, 0.25) is 5.02 Å². The molecule has 0 heterocycles. The van der Waals surface area contributed by atoms with Crippen LogP contribution in [0.1, 0.15) is 30.4 Å². The van der Waals surface area contributed by atoms with E-state index in [4.69, 9.17) is 17.3 Å². The summed E-state index contributed by atoms with van der Waals surface area (Å²) in [5.74, 6) is 0.0184. The van der Waals surface area contributed by atoms with Crippen molar-refractivity contribution in [2.75, 3.05) is 18.4 Å². The molecule has 0 saturated heterocycles. The first kappa shape index (κ1) is 23.0.